The van der Waals surface area contributed by atoms with E-state index in [4.69, 9.17) is 25.1 Å². The van der Waals surface area contributed by atoms with Crippen molar-refractivity contribution < 1.29 is 54.1 Å². The number of carbonyl (C=O) groups excluding carboxylic acids is 3. The number of nitrogens with zero attached hydrogens (tertiary/aromatic N) is 1. The van der Waals surface area contributed by atoms with Crippen LogP contribution in [0.3, 0.4) is 0 Å². The summed E-state index contributed by atoms with van der Waals surface area (Å²) in [5, 5.41) is 58.1. The van der Waals surface area contributed by atoms with Crippen LogP contribution in [0.15, 0.2) is 23.3 Å². The highest BCUT2D eigenvalue weighted by Crippen LogP contribution is 2.52. The number of hydrogen-bond acceptors (Lipinski definition) is 13. The molecule has 43 heavy (non-hydrogen) atoms. The van der Waals surface area contributed by atoms with Crippen LogP contribution >= 0.6 is 0 Å². The number of fused-ring (bicyclic) bond motifs is 3. The Bertz CT molecular complexity index is 1530. The van der Waals surface area contributed by atoms with Crippen molar-refractivity contribution >= 4 is 23.2 Å². The molecule has 0 aromatic heterocycles. The number of benzene rings is 2. The van der Waals surface area contributed by atoms with Gasteiger partial charge >= 0.3 is 0 Å². The molecule has 6 unspecified atom stereocenters. The molecule has 230 valence electrons. The van der Waals surface area contributed by atoms with Crippen molar-refractivity contribution in [3.63, 3.8) is 0 Å². The zero-order valence-corrected chi connectivity index (χ0v) is 23.7. The highest BCUT2D eigenvalue weighted by atomic mass is 16.7. The van der Waals surface area contributed by atoms with Crippen LogP contribution < -0.4 is 15.9 Å². The van der Waals surface area contributed by atoms with Crippen molar-refractivity contribution in [2.75, 3.05) is 13.7 Å². The lowest BCUT2D eigenvalue weighted by Gasteiger charge is -2.42. The Morgan fingerprint density at radius 3 is 2.53 bits per heavy atom. The second kappa shape index (κ2) is 11.3. The predicted molar refractivity (Wildman–Crippen MR) is 148 cm³/mol. The number of hydrazone groups is 1. The average Bonchev–Trinajstić information content (AvgIpc) is 2.98. The van der Waals surface area contributed by atoms with E-state index >= 15 is 0 Å². The first kappa shape index (κ1) is 30.5. The van der Waals surface area contributed by atoms with Crippen LogP contribution in [-0.2, 0) is 20.7 Å². The van der Waals surface area contributed by atoms with Crippen LogP contribution in [0.2, 0.25) is 0 Å². The molecule has 5 rings (SSSR count). The zero-order valence-electron chi connectivity index (χ0n) is 23.7. The number of phenols is 2. The van der Waals surface area contributed by atoms with Gasteiger partial charge in [0, 0.05) is 42.0 Å². The Balaban J connectivity index is 1.67. The van der Waals surface area contributed by atoms with Gasteiger partial charge in [0.05, 0.1) is 47.8 Å². The summed E-state index contributed by atoms with van der Waals surface area (Å²) >= 11 is 0. The molecular formula is C29H33N3O11. The number of ether oxygens (including phenoxy) is 3. The lowest BCUT2D eigenvalue weighted by molar-refractivity contribution is -0.245. The van der Waals surface area contributed by atoms with E-state index in [0.29, 0.717) is 0 Å². The zero-order chi connectivity index (χ0) is 31.4. The molecule has 2 aromatic rings. The van der Waals surface area contributed by atoms with E-state index in [-0.39, 0.29) is 46.6 Å². The average molecular weight is 600 g/mol. The summed E-state index contributed by atoms with van der Waals surface area (Å²) in [4.78, 5) is 39.1. The lowest BCUT2D eigenvalue weighted by atomic mass is 9.72. The topological polar surface area (TPSA) is 230 Å². The van der Waals surface area contributed by atoms with Crippen LogP contribution in [0.25, 0.3) is 0 Å². The summed E-state index contributed by atoms with van der Waals surface area (Å²) in [7, 11) is 1.33. The molecule has 0 radical (unpaired) electrons. The number of ketones is 2. The Morgan fingerprint density at radius 1 is 1.19 bits per heavy atom. The van der Waals surface area contributed by atoms with E-state index in [1.165, 1.54) is 32.2 Å². The molecule has 8 N–H and O–H groups in total. The van der Waals surface area contributed by atoms with Crippen molar-refractivity contribution in [1.82, 2.24) is 5.43 Å². The molecule has 1 heterocycles. The minimum Gasteiger partial charge on any atom is -0.507 e. The molecule has 14 heteroatoms. The van der Waals surface area contributed by atoms with E-state index in [9.17, 15) is 34.8 Å². The fraction of sp³-hybridized carbons (Fsp3) is 0.448. The van der Waals surface area contributed by atoms with Crippen molar-refractivity contribution in [2.45, 2.75) is 69.4 Å². The van der Waals surface area contributed by atoms with Crippen molar-refractivity contribution in [1.29, 1.82) is 0 Å². The molecule has 6 atom stereocenters. The summed E-state index contributed by atoms with van der Waals surface area (Å²) in [5.74, 6) is -3.49. The number of nitrogens with two attached hydrogens (primary N) is 1. The fourth-order valence-corrected chi connectivity index (χ4v) is 5.95. The first-order valence-corrected chi connectivity index (χ1v) is 13.6. The van der Waals surface area contributed by atoms with E-state index in [0.717, 1.165) is 0 Å². The smallest absolute Gasteiger partial charge is 0.265 e. The second-order valence-corrected chi connectivity index (χ2v) is 11.0. The van der Waals surface area contributed by atoms with Crippen LogP contribution in [-0.4, -0.2) is 92.6 Å². The van der Waals surface area contributed by atoms with Crippen molar-refractivity contribution in [3.05, 3.63) is 51.6 Å². The summed E-state index contributed by atoms with van der Waals surface area (Å²) in [6, 6.07) is 3.69. The molecule has 0 saturated carbocycles. The van der Waals surface area contributed by atoms with Gasteiger partial charge in [-0.25, -0.2) is 5.43 Å². The van der Waals surface area contributed by atoms with E-state index in [2.05, 4.69) is 10.5 Å². The Morgan fingerprint density at radius 2 is 1.88 bits per heavy atom. The second-order valence-electron chi connectivity index (χ2n) is 11.0. The van der Waals surface area contributed by atoms with Gasteiger partial charge < -0.3 is 45.5 Å². The number of phenolic OH excluding ortho intramolecular Hbond substituents is 2. The summed E-state index contributed by atoms with van der Waals surface area (Å²) in [5.41, 5.74) is 5.10. The number of aliphatic hydroxyl groups is 3. The normalized spacial score (nSPS) is 28.5. The Hall–Kier alpha value is -3.92. The van der Waals surface area contributed by atoms with Gasteiger partial charge in [-0.3, -0.25) is 14.4 Å². The molecule has 3 aliphatic rings. The third kappa shape index (κ3) is 5.05. The summed E-state index contributed by atoms with van der Waals surface area (Å²) in [6.45, 7) is 2.15. The van der Waals surface area contributed by atoms with Crippen LogP contribution in [0.1, 0.15) is 75.8 Å². The third-order valence-corrected chi connectivity index (χ3v) is 8.31. The lowest BCUT2D eigenvalue weighted by Crippen LogP contribution is -2.52. The molecule has 0 spiro atoms. The first-order valence-electron chi connectivity index (χ1n) is 13.6. The quantitative estimate of drug-likeness (QED) is 0.112. The number of hydrogen-bond donors (Lipinski definition) is 7. The van der Waals surface area contributed by atoms with Gasteiger partial charge in [0.25, 0.3) is 5.91 Å². The number of carbonyl (C=O) groups is 3. The molecule has 1 fully saturated rings. The standard InChI is InChI=1S/C29H33N3O11/c1-11-24(35)15(30)7-19(42-11)43-17-9-29(40,12(2)31-32-18(34)10-33)8-14-21(17)28(39)23-22(26(14)37)25(36)13-5-4-6-16(41-3)20(13)27(23)38/h4-6,11,15,17,19,24,33,35,37,39-40H,7-10,30H2,1-3H3,(H,32,34)/b31-12+. The van der Waals surface area contributed by atoms with Gasteiger partial charge in [0.2, 0.25) is 5.78 Å². The Kier molecular flexibility index (Phi) is 8.02. The largest absolute Gasteiger partial charge is 0.507 e. The SMILES string of the molecule is COc1cccc2c1C(=O)c1c(O)c3c(c(O)c1C2=O)CC(O)(/C(C)=N/NC(=O)CO)CC3OC1CC(N)C(O)C(C)O1. The number of nitrogens with one attached hydrogen (secondary N) is 1. The monoisotopic (exact) mass is 599 g/mol. The number of aliphatic hydroxyl groups excluding tert-OH is 2. The maximum absolute atomic E-state index is 13.8. The van der Waals surface area contributed by atoms with Gasteiger partial charge in [0.15, 0.2) is 12.1 Å². The van der Waals surface area contributed by atoms with Crippen LogP contribution in [0, 0.1) is 0 Å². The molecule has 1 saturated heterocycles. The highest BCUT2D eigenvalue weighted by molar-refractivity contribution is 6.31. The van der Waals surface area contributed by atoms with E-state index in [1.807, 2.05) is 0 Å². The first-order chi connectivity index (χ1) is 20.3. The third-order valence-electron chi connectivity index (χ3n) is 8.31. The van der Waals surface area contributed by atoms with Crippen molar-refractivity contribution in [3.8, 4) is 17.2 Å². The molecule has 0 bridgehead atoms. The van der Waals surface area contributed by atoms with Crippen LogP contribution in [0.4, 0.5) is 0 Å². The van der Waals surface area contributed by atoms with Crippen LogP contribution in [0.5, 0.6) is 17.2 Å². The number of rotatable bonds is 6. The van der Waals surface area contributed by atoms with Gasteiger partial charge in [-0.05, 0) is 19.9 Å². The predicted octanol–water partition coefficient (Wildman–Crippen LogP) is -0.0757. The highest BCUT2D eigenvalue weighted by Gasteiger charge is 2.49. The molecule has 14 nitrogen and oxygen atoms in total. The molecule has 2 aliphatic carbocycles. The maximum atomic E-state index is 13.8. The summed E-state index contributed by atoms with van der Waals surface area (Å²) < 4.78 is 17.3. The van der Waals surface area contributed by atoms with Crippen molar-refractivity contribution in [2.24, 2.45) is 10.8 Å². The number of methoxy groups -OCH3 is 1. The number of amides is 1. The minimum atomic E-state index is -1.91. The van der Waals surface area contributed by atoms with Gasteiger partial charge in [-0.15, -0.1) is 0 Å². The minimum absolute atomic E-state index is 0.0345. The van der Waals surface area contributed by atoms with Gasteiger partial charge in [-0.1, -0.05) is 12.1 Å². The van der Waals surface area contributed by atoms with Gasteiger partial charge in [0.1, 0.15) is 29.5 Å². The van der Waals surface area contributed by atoms with E-state index in [1.54, 1.807) is 6.92 Å². The molecule has 1 aliphatic heterocycles. The molecule has 2 aromatic carbocycles. The molecular weight excluding hydrogens is 566 g/mol. The maximum Gasteiger partial charge on any atom is 0.265 e. The van der Waals surface area contributed by atoms with Gasteiger partial charge in [-0.2, -0.15) is 5.10 Å². The summed E-state index contributed by atoms with van der Waals surface area (Å²) in [6.07, 6.45) is -4.64. The Labute approximate surface area is 245 Å². The van der Waals surface area contributed by atoms with E-state index < -0.39 is 89.4 Å². The fourth-order valence-electron chi connectivity index (χ4n) is 5.95. The molecule has 1 amide bonds. The number of aromatic hydroxyl groups is 2.